The highest BCUT2D eigenvalue weighted by atomic mass is 35.5. The van der Waals surface area contributed by atoms with E-state index in [2.05, 4.69) is 10.6 Å². The lowest BCUT2D eigenvalue weighted by Crippen LogP contribution is -2.15. The van der Waals surface area contributed by atoms with Crippen molar-refractivity contribution in [1.82, 2.24) is 0 Å². The number of nitrogens with one attached hydrogen (secondary N) is 2. The van der Waals surface area contributed by atoms with Crippen LogP contribution in [0.5, 0.6) is 0 Å². The largest absolute Gasteiger partial charge is 0.448 e. The van der Waals surface area contributed by atoms with E-state index in [1.807, 2.05) is 0 Å². The fourth-order valence-electron chi connectivity index (χ4n) is 1.16. The lowest BCUT2D eigenvalue weighted by atomic mass is 10.3. The molecule has 0 aliphatic rings. The van der Waals surface area contributed by atoms with Crippen molar-refractivity contribution in [2.45, 2.75) is 6.92 Å². The summed E-state index contributed by atoms with van der Waals surface area (Å²) in [5.41, 5.74) is 1.14. The number of anilines is 2. The van der Waals surface area contributed by atoms with Crippen LogP contribution >= 0.6 is 11.6 Å². The maximum atomic E-state index is 11.2. The maximum absolute atomic E-state index is 11.2. The zero-order valence-corrected chi connectivity index (χ0v) is 10.1. The van der Waals surface area contributed by atoms with E-state index in [1.165, 1.54) is 6.92 Å². The highest BCUT2D eigenvalue weighted by Crippen LogP contribution is 2.15. The van der Waals surface area contributed by atoms with Crippen LogP contribution in [0.2, 0.25) is 0 Å². The number of halogens is 1. The molecule has 1 aromatic carbocycles. The normalized spacial score (nSPS) is 9.53. The summed E-state index contributed by atoms with van der Waals surface area (Å²) < 4.78 is 4.75. The number of hydrogen-bond donors (Lipinski definition) is 2. The number of carbonyl (C=O) groups excluding carboxylic acids is 2. The molecular formula is C11H13ClN2O3. The molecule has 0 aliphatic carbocycles. The summed E-state index contributed by atoms with van der Waals surface area (Å²) in [5.74, 6) is 0.0752. The van der Waals surface area contributed by atoms with Crippen molar-refractivity contribution in [3.63, 3.8) is 0 Å². The molecule has 0 atom stereocenters. The third-order valence-corrected chi connectivity index (χ3v) is 1.89. The van der Waals surface area contributed by atoms with Crippen molar-refractivity contribution in [2.24, 2.45) is 0 Å². The average molecular weight is 257 g/mol. The Balaban J connectivity index is 2.59. The molecule has 5 nitrogen and oxygen atoms in total. The zero-order chi connectivity index (χ0) is 12.7. The first-order valence-corrected chi connectivity index (χ1v) is 5.52. The molecule has 2 N–H and O–H groups in total. The number of ether oxygens (including phenoxy) is 1. The molecule has 0 saturated heterocycles. The van der Waals surface area contributed by atoms with E-state index in [4.69, 9.17) is 16.3 Å². The molecular weight excluding hydrogens is 244 g/mol. The number of carbonyl (C=O) groups is 2. The molecule has 0 radical (unpaired) electrons. The summed E-state index contributed by atoms with van der Waals surface area (Å²) in [6, 6.07) is 6.75. The molecule has 1 rings (SSSR count). The monoisotopic (exact) mass is 256 g/mol. The average Bonchev–Trinajstić information content (AvgIpc) is 2.26. The maximum Gasteiger partial charge on any atom is 0.411 e. The Morgan fingerprint density at radius 2 is 1.94 bits per heavy atom. The second kappa shape index (κ2) is 6.75. The number of hydrogen-bond acceptors (Lipinski definition) is 3. The van der Waals surface area contributed by atoms with Crippen LogP contribution in [0.3, 0.4) is 0 Å². The van der Waals surface area contributed by atoms with Crippen LogP contribution in [-0.4, -0.2) is 24.5 Å². The zero-order valence-electron chi connectivity index (χ0n) is 9.33. The van der Waals surface area contributed by atoms with Gasteiger partial charge >= 0.3 is 6.09 Å². The van der Waals surface area contributed by atoms with Crippen molar-refractivity contribution in [3.8, 4) is 0 Å². The third-order valence-electron chi connectivity index (χ3n) is 1.74. The van der Waals surface area contributed by atoms with Gasteiger partial charge in [0.2, 0.25) is 5.91 Å². The van der Waals surface area contributed by atoms with Crippen LogP contribution in [0, 0.1) is 0 Å². The van der Waals surface area contributed by atoms with Crippen LogP contribution in [0.25, 0.3) is 0 Å². The van der Waals surface area contributed by atoms with Crippen LogP contribution < -0.4 is 10.6 Å². The van der Waals surface area contributed by atoms with E-state index >= 15 is 0 Å². The molecule has 0 saturated carbocycles. The van der Waals surface area contributed by atoms with Crippen molar-refractivity contribution in [3.05, 3.63) is 24.3 Å². The van der Waals surface area contributed by atoms with E-state index in [1.54, 1.807) is 24.3 Å². The molecule has 0 bridgehead atoms. The Morgan fingerprint density at radius 1 is 1.29 bits per heavy atom. The smallest absolute Gasteiger partial charge is 0.411 e. The minimum absolute atomic E-state index is 0.152. The SMILES string of the molecule is CC(=O)Nc1cccc(NC(=O)OCCCl)c1. The number of amides is 2. The minimum Gasteiger partial charge on any atom is -0.448 e. The molecule has 1 aromatic rings. The van der Waals surface area contributed by atoms with Crippen molar-refractivity contribution in [2.75, 3.05) is 23.1 Å². The molecule has 0 fully saturated rings. The lowest BCUT2D eigenvalue weighted by molar-refractivity contribution is -0.114. The van der Waals surface area contributed by atoms with Gasteiger partial charge < -0.3 is 10.1 Å². The van der Waals surface area contributed by atoms with Gasteiger partial charge in [-0.3, -0.25) is 10.1 Å². The van der Waals surface area contributed by atoms with Gasteiger partial charge in [0.15, 0.2) is 0 Å². The summed E-state index contributed by atoms with van der Waals surface area (Å²) in [5, 5.41) is 5.13. The number of benzene rings is 1. The molecule has 17 heavy (non-hydrogen) atoms. The summed E-state index contributed by atoms with van der Waals surface area (Å²) in [6.45, 7) is 1.56. The molecule has 92 valence electrons. The minimum atomic E-state index is -0.578. The summed E-state index contributed by atoms with van der Waals surface area (Å²) in [7, 11) is 0. The summed E-state index contributed by atoms with van der Waals surface area (Å²) >= 11 is 5.38. The Morgan fingerprint density at radius 3 is 2.53 bits per heavy atom. The Labute approximate surface area is 104 Å². The van der Waals surface area contributed by atoms with E-state index in [9.17, 15) is 9.59 Å². The van der Waals surface area contributed by atoms with Gasteiger partial charge in [0.05, 0.1) is 5.88 Å². The molecule has 0 spiro atoms. The van der Waals surface area contributed by atoms with Crippen molar-refractivity contribution < 1.29 is 14.3 Å². The van der Waals surface area contributed by atoms with Gasteiger partial charge in [-0.15, -0.1) is 11.6 Å². The van der Waals surface area contributed by atoms with Crippen LogP contribution in [-0.2, 0) is 9.53 Å². The highest BCUT2D eigenvalue weighted by molar-refractivity contribution is 6.18. The fraction of sp³-hybridized carbons (Fsp3) is 0.273. The van der Waals surface area contributed by atoms with Gasteiger partial charge in [-0.1, -0.05) is 6.07 Å². The topological polar surface area (TPSA) is 67.4 Å². The van der Waals surface area contributed by atoms with Crippen molar-refractivity contribution in [1.29, 1.82) is 0 Å². The molecule has 6 heteroatoms. The van der Waals surface area contributed by atoms with E-state index in [0.29, 0.717) is 11.4 Å². The van der Waals surface area contributed by atoms with Crippen LogP contribution in [0.4, 0.5) is 16.2 Å². The van der Waals surface area contributed by atoms with E-state index in [-0.39, 0.29) is 18.4 Å². The fourth-order valence-corrected chi connectivity index (χ4v) is 1.24. The second-order valence-corrected chi connectivity index (χ2v) is 3.59. The Kier molecular flexibility index (Phi) is 5.29. The number of alkyl halides is 1. The first-order chi connectivity index (χ1) is 8.11. The Bertz CT molecular complexity index is 409. The molecule has 0 unspecified atom stereocenters. The van der Waals surface area contributed by atoms with Crippen molar-refractivity contribution >= 4 is 35.0 Å². The van der Waals surface area contributed by atoms with Crippen LogP contribution in [0.1, 0.15) is 6.92 Å². The summed E-state index contributed by atoms with van der Waals surface area (Å²) in [6.07, 6.45) is -0.578. The van der Waals surface area contributed by atoms with Gasteiger partial charge in [0.1, 0.15) is 6.61 Å². The van der Waals surface area contributed by atoms with E-state index < -0.39 is 6.09 Å². The predicted molar refractivity (Wildman–Crippen MR) is 66.4 cm³/mol. The molecule has 2 amide bonds. The number of rotatable bonds is 4. The first kappa shape index (κ1) is 13.3. The third kappa shape index (κ3) is 5.21. The van der Waals surface area contributed by atoms with E-state index in [0.717, 1.165) is 0 Å². The standard InChI is InChI=1S/C11H13ClN2O3/c1-8(15)13-9-3-2-4-10(7-9)14-11(16)17-6-5-12/h2-4,7H,5-6H2,1H3,(H,13,15)(H,14,16). The lowest BCUT2D eigenvalue weighted by Gasteiger charge is -2.07. The van der Waals surface area contributed by atoms with Gasteiger partial charge in [0.25, 0.3) is 0 Å². The molecule has 0 aliphatic heterocycles. The predicted octanol–water partition coefficient (Wildman–Crippen LogP) is 2.43. The summed E-state index contributed by atoms with van der Waals surface area (Å²) in [4.78, 5) is 22.1. The molecule has 0 aromatic heterocycles. The second-order valence-electron chi connectivity index (χ2n) is 3.21. The first-order valence-electron chi connectivity index (χ1n) is 4.99. The quantitative estimate of drug-likeness (QED) is 0.813. The Hall–Kier alpha value is -1.75. The van der Waals surface area contributed by atoms with Gasteiger partial charge in [-0.05, 0) is 18.2 Å². The van der Waals surface area contributed by atoms with Gasteiger partial charge in [-0.2, -0.15) is 0 Å². The highest BCUT2D eigenvalue weighted by Gasteiger charge is 2.03. The van der Waals surface area contributed by atoms with Gasteiger partial charge in [-0.25, -0.2) is 4.79 Å². The van der Waals surface area contributed by atoms with Gasteiger partial charge in [0, 0.05) is 18.3 Å². The van der Waals surface area contributed by atoms with Crippen LogP contribution in [0.15, 0.2) is 24.3 Å². The molecule has 0 heterocycles.